The van der Waals surface area contributed by atoms with Crippen LogP contribution in [0.2, 0.25) is 0 Å². The molecule has 0 amide bonds. The third kappa shape index (κ3) is 8.44. The molecule has 1 rings (SSSR count). The summed E-state index contributed by atoms with van der Waals surface area (Å²) < 4.78 is 7.73. The summed E-state index contributed by atoms with van der Waals surface area (Å²) in [6.07, 6.45) is 13.4. The molecule has 0 radical (unpaired) electrons. The Bertz CT molecular complexity index is 630. The van der Waals surface area contributed by atoms with Gasteiger partial charge in [0.1, 0.15) is 0 Å². The van der Waals surface area contributed by atoms with Crippen molar-refractivity contribution in [2.24, 2.45) is 0 Å². The molecule has 162 valence electrons. The van der Waals surface area contributed by atoms with Crippen molar-refractivity contribution in [3.05, 3.63) is 66.5 Å². The normalized spacial score (nSPS) is 14.9. The predicted octanol–water partition coefficient (Wildman–Crippen LogP) is 6.98. The van der Waals surface area contributed by atoms with Gasteiger partial charge in [-0.15, -0.1) is 0 Å². The Morgan fingerprint density at radius 3 is 2.07 bits per heavy atom. The zero-order chi connectivity index (χ0) is 21.6. The van der Waals surface area contributed by atoms with Gasteiger partial charge in [0, 0.05) is 23.7 Å². The molecule has 0 aliphatic carbocycles. The summed E-state index contributed by atoms with van der Waals surface area (Å²) in [4.78, 5) is 0. The first kappa shape index (κ1) is 26.2. The van der Waals surface area contributed by atoms with Gasteiger partial charge in [-0.3, -0.25) is 9.34 Å². The summed E-state index contributed by atoms with van der Waals surface area (Å²) in [7, 11) is 5.64. The lowest BCUT2D eigenvalue weighted by atomic mass is 10.3. The molecule has 2 atom stereocenters. The second-order valence-corrected chi connectivity index (χ2v) is 12.3. The molecule has 2 unspecified atom stereocenters. The van der Waals surface area contributed by atoms with Gasteiger partial charge in [0.15, 0.2) is 0 Å². The van der Waals surface area contributed by atoms with E-state index in [0.29, 0.717) is 0 Å². The fourth-order valence-electron chi connectivity index (χ4n) is 3.19. The van der Waals surface area contributed by atoms with Crippen molar-refractivity contribution in [3.63, 3.8) is 0 Å². The molecule has 0 N–H and O–H groups in total. The van der Waals surface area contributed by atoms with E-state index in [2.05, 4.69) is 117 Å². The van der Waals surface area contributed by atoms with E-state index >= 15 is 0 Å². The fraction of sp³-hybridized carbons (Fsp3) is 0.500. The second-order valence-electron chi connectivity index (χ2n) is 7.19. The van der Waals surface area contributed by atoms with Crippen LogP contribution < -0.4 is 5.30 Å². The molecule has 29 heavy (non-hydrogen) atoms. The molecule has 0 heterocycles. The highest BCUT2D eigenvalue weighted by atomic mass is 31.2. The lowest BCUT2D eigenvalue weighted by Gasteiger charge is -2.43. The lowest BCUT2D eigenvalue weighted by molar-refractivity contribution is 0.487. The maximum absolute atomic E-state index is 4.16. The third-order valence-corrected chi connectivity index (χ3v) is 10.1. The standard InChI is InChI=1S/C24H41N3P2/c1-8-12-18-23(11-4)28(25(5)21-13-9-2)27(7)29(26(6)22-14-10-3)24-19-16-15-17-20-24/h8,11-12,15-20H,4,9-10,13-14,21-22H2,1-3,5-7H3/b12-8-,23-18+. The highest BCUT2D eigenvalue weighted by Gasteiger charge is 2.31. The number of rotatable bonds is 14. The fourth-order valence-corrected chi connectivity index (χ4v) is 9.09. The third-order valence-electron chi connectivity index (χ3n) is 4.75. The van der Waals surface area contributed by atoms with Crippen LogP contribution in [0.25, 0.3) is 0 Å². The Morgan fingerprint density at radius 1 is 0.966 bits per heavy atom. The number of allylic oxidation sites excluding steroid dienone is 5. The Kier molecular flexibility index (Phi) is 13.6. The van der Waals surface area contributed by atoms with Gasteiger partial charge in [0.25, 0.3) is 0 Å². The summed E-state index contributed by atoms with van der Waals surface area (Å²) in [5, 5.41) is 2.72. The topological polar surface area (TPSA) is 9.72 Å². The van der Waals surface area contributed by atoms with E-state index < -0.39 is 16.4 Å². The van der Waals surface area contributed by atoms with Gasteiger partial charge in [0.2, 0.25) is 0 Å². The minimum absolute atomic E-state index is 0.589. The van der Waals surface area contributed by atoms with E-state index in [0.717, 1.165) is 13.1 Å². The summed E-state index contributed by atoms with van der Waals surface area (Å²) in [5.74, 6) is 0. The van der Waals surface area contributed by atoms with Crippen LogP contribution in [0.3, 0.4) is 0 Å². The smallest absolute Gasteiger partial charge is 0.0769 e. The first-order valence-electron chi connectivity index (χ1n) is 10.8. The van der Waals surface area contributed by atoms with Crippen molar-refractivity contribution in [2.75, 3.05) is 34.2 Å². The molecule has 0 spiro atoms. The van der Waals surface area contributed by atoms with Crippen molar-refractivity contribution in [1.29, 1.82) is 0 Å². The van der Waals surface area contributed by atoms with Crippen LogP contribution in [-0.2, 0) is 0 Å². The molecule has 0 saturated carbocycles. The zero-order valence-electron chi connectivity index (χ0n) is 19.4. The van der Waals surface area contributed by atoms with Gasteiger partial charge in [-0.2, -0.15) is 0 Å². The molecule has 3 nitrogen and oxygen atoms in total. The van der Waals surface area contributed by atoms with E-state index in [9.17, 15) is 0 Å². The molecular formula is C24H41N3P2. The van der Waals surface area contributed by atoms with E-state index in [4.69, 9.17) is 0 Å². The molecule has 0 fully saturated rings. The molecule has 1 aromatic rings. The van der Waals surface area contributed by atoms with Crippen molar-refractivity contribution < 1.29 is 0 Å². The second kappa shape index (κ2) is 15.1. The average molecular weight is 434 g/mol. The quantitative estimate of drug-likeness (QED) is 0.231. The zero-order valence-corrected chi connectivity index (χ0v) is 21.2. The molecule has 5 heteroatoms. The summed E-state index contributed by atoms with van der Waals surface area (Å²) >= 11 is 0. The minimum Gasteiger partial charge on any atom is -0.269 e. The van der Waals surface area contributed by atoms with E-state index in [-0.39, 0.29) is 0 Å². The largest absolute Gasteiger partial charge is 0.269 e. The number of benzene rings is 1. The van der Waals surface area contributed by atoms with Crippen LogP contribution in [0.1, 0.15) is 46.5 Å². The number of hydrogen-bond acceptors (Lipinski definition) is 3. The highest BCUT2D eigenvalue weighted by Crippen LogP contribution is 2.61. The molecule has 0 aliphatic heterocycles. The lowest BCUT2D eigenvalue weighted by Crippen LogP contribution is -2.31. The number of nitrogens with zero attached hydrogens (tertiary/aromatic N) is 3. The first-order chi connectivity index (χ1) is 14.0. The van der Waals surface area contributed by atoms with E-state index in [1.807, 2.05) is 0 Å². The Morgan fingerprint density at radius 2 is 1.55 bits per heavy atom. The molecule has 0 aliphatic rings. The van der Waals surface area contributed by atoms with Gasteiger partial charge in [-0.25, -0.2) is 4.44 Å². The Labute approximate surface area is 182 Å². The van der Waals surface area contributed by atoms with Crippen LogP contribution in [0.5, 0.6) is 0 Å². The maximum Gasteiger partial charge on any atom is 0.0769 e. The molecule has 0 bridgehead atoms. The Hall–Kier alpha value is -0.820. The number of unbranched alkanes of at least 4 members (excludes halogenated alkanes) is 2. The van der Waals surface area contributed by atoms with Gasteiger partial charge >= 0.3 is 0 Å². The SMILES string of the molecule is C=C/C(=C\C=C/C)P(N(C)CCCC)N(C)P(c1ccccc1)N(C)CCCC. The highest BCUT2D eigenvalue weighted by molar-refractivity contribution is 7.74. The van der Waals surface area contributed by atoms with Gasteiger partial charge in [-0.1, -0.05) is 87.9 Å². The molecule has 0 aromatic heterocycles. The van der Waals surface area contributed by atoms with Gasteiger partial charge < -0.3 is 0 Å². The molecule has 1 aromatic carbocycles. The number of hydrogen-bond donors (Lipinski definition) is 0. The first-order valence-corrected chi connectivity index (χ1v) is 13.3. The predicted molar refractivity (Wildman–Crippen MR) is 136 cm³/mol. The van der Waals surface area contributed by atoms with Crippen molar-refractivity contribution in [1.82, 2.24) is 13.8 Å². The van der Waals surface area contributed by atoms with E-state index in [1.54, 1.807) is 0 Å². The van der Waals surface area contributed by atoms with Crippen LogP contribution in [0.15, 0.2) is 66.5 Å². The molecular weight excluding hydrogens is 392 g/mol. The average Bonchev–Trinajstić information content (AvgIpc) is 2.74. The van der Waals surface area contributed by atoms with Crippen molar-refractivity contribution in [2.45, 2.75) is 46.5 Å². The van der Waals surface area contributed by atoms with Gasteiger partial charge in [0.05, 0.1) is 16.4 Å². The van der Waals surface area contributed by atoms with Crippen LogP contribution in [-0.4, -0.2) is 48.0 Å². The van der Waals surface area contributed by atoms with Crippen LogP contribution >= 0.6 is 16.4 Å². The summed E-state index contributed by atoms with van der Waals surface area (Å²) in [5.41, 5.74) is 0. The van der Waals surface area contributed by atoms with Crippen molar-refractivity contribution >= 4 is 21.8 Å². The summed E-state index contributed by atoms with van der Waals surface area (Å²) in [6, 6.07) is 11.0. The Balaban J connectivity index is 3.36. The molecule has 0 saturated heterocycles. The van der Waals surface area contributed by atoms with Crippen LogP contribution in [0, 0.1) is 0 Å². The maximum atomic E-state index is 4.16. The minimum atomic E-state index is -0.635. The van der Waals surface area contributed by atoms with Crippen molar-refractivity contribution in [3.8, 4) is 0 Å². The van der Waals surface area contributed by atoms with Gasteiger partial charge in [-0.05, 0) is 40.9 Å². The van der Waals surface area contributed by atoms with Crippen LogP contribution in [0.4, 0.5) is 0 Å². The van der Waals surface area contributed by atoms with E-state index in [1.165, 1.54) is 36.3 Å². The summed E-state index contributed by atoms with van der Waals surface area (Å²) in [6.45, 7) is 13.0. The monoisotopic (exact) mass is 433 g/mol.